The fraction of sp³-hybridized carbons (Fsp3) is 0.214. The van der Waals surface area contributed by atoms with Crippen LogP contribution >= 0.6 is 0 Å². The minimum atomic E-state index is -0.713. The number of nitrogens with zero attached hydrogens (tertiary/aromatic N) is 2. The molecule has 7 heteroatoms. The van der Waals surface area contributed by atoms with Crippen molar-refractivity contribution in [2.24, 2.45) is 0 Å². The standard InChI is InChI=1S/C14H14FN3O3/c1-9-4-3-5-10(17-9)8-16-12-7-14(21-2)13(18(19)20)6-11(12)15/h3-7,16H,8H2,1-2H3. The summed E-state index contributed by atoms with van der Waals surface area (Å²) < 4.78 is 18.8. The number of rotatable bonds is 5. The molecule has 6 nitrogen and oxygen atoms in total. The second-order valence-corrected chi connectivity index (χ2v) is 4.38. The van der Waals surface area contributed by atoms with E-state index in [9.17, 15) is 14.5 Å². The SMILES string of the molecule is COc1cc(NCc2cccc(C)n2)c(F)cc1[N+](=O)[O-]. The van der Waals surface area contributed by atoms with E-state index in [1.807, 2.05) is 19.1 Å². The quantitative estimate of drug-likeness (QED) is 0.676. The van der Waals surface area contributed by atoms with Crippen LogP contribution in [0.4, 0.5) is 15.8 Å². The maximum absolute atomic E-state index is 13.9. The first kappa shape index (κ1) is 14.7. The van der Waals surface area contributed by atoms with Crippen LogP contribution in [0.3, 0.4) is 0 Å². The molecule has 2 rings (SSSR count). The lowest BCUT2D eigenvalue weighted by Gasteiger charge is -2.10. The number of aryl methyl sites for hydroxylation is 1. The van der Waals surface area contributed by atoms with Gasteiger partial charge in [-0.05, 0) is 19.1 Å². The number of ether oxygens (including phenoxy) is 1. The molecule has 0 radical (unpaired) electrons. The van der Waals surface area contributed by atoms with E-state index in [0.29, 0.717) is 6.54 Å². The first-order valence-corrected chi connectivity index (χ1v) is 6.19. The number of nitrogens with one attached hydrogen (secondary N) is 1. The highest BCUT2D eigenvalue weighted by atomic mass is 19.1. The predicted octanol–water partition coefficient (Wildman–Crippen LogP) is 3.06. The summed E-state index contributed by atoms with van der Waals surface area (Å²) in [5.41, 5.74) is 1.32. The summed E-state index contributed by atoms with van der Waals surface area (Å²) >= 11 is 0. The highest BCUT2D eigenvalue weighted by Crippen LogP contribution is 2.32. The van der Waals surface area contributed by atoms with Gasteiger partial charge in [-0.2, -0.15) is 0 Å². The van der Waals surface area contributed by atoms with E-state index in [4.69, 9.17) is 4.74 Å². The van der Waals surface area contributed by atoms with Crippen molar-refractivity contribution in [3.63, 3.8) is 0 Å². The van der Waals surface area contributed by atoms with Crippen LogP contribution in [0.25, 0.3) is 0 Å². The molecule has 0 bridgehead atoms. The Morgan fingerprint density at radius 1 is 1.43 bits per heavy atom. The minimum absolute atomic E-state index is 0.00102. The maximum Gasteiger partial charge on any atom is 0.313 e. The average Bonchev–Trinajstić information content (AvgIpc) is 2.45. The molecular formula is C14H14FN3O3. The molecule has 1 heterocycles. The number of anilines is 1. The molecule has 0 aliphatic heterocycles. The number of hydrogen-bond donors (Lipinski definition) is 1. The molecule has 0 saturated heterocycles. The van der Waals surface area contributed by atoms with E-state index >= 15 is 0 Å². The van der Waals surface area contributed by atoms with Crippen LogP contribution in [0.5, 0.6) is 5.75 Å². The van der Waals surface area contributed by atoms with Crippen molar-refractivity contribution < 1.29 is 14.1 Å². The summed E-state index contributed by atoms with van der Waals surface area (Å²) in [5.74, 6) is -0.712. The molecule has 21 heavy (non-hydrogen) atoms. The van der Waals surface area contributed by atoms with Crippen molar-refractivity contribution in [1.29, 1.82) is 0 Å². The molecule has 2 aromatic rings. The number of pyridine rings is 1. The summed E-state index contributed by atoms with van der Waals surface area (Å²) in [6.45, 7) is 2.17. The smallest absolute Gasteiger partial charge is 0.313 e. The van der Waals surface area contributed by atoms with Crippen LogP contribution in [0.2, 0.25) is 0 Å². The van der Waals surface area contributed by atoms with Crippen LogP contribution in [-0.4, -0.2) is 17.0 Å². The molecule has 0 saturated carbocycles. The van der Waals surface area contributed by atoms with E-state index < -0.39 is 16.4 Å². The zero-order valence-corrected chi connectivity index (χ0v) is 11.6. The maximum atomic E-state index is 13.9. The third kappa shape index (κ3) is 3.44. The largest absolute Gasteiger partial charge is 0.490 e. The molecule has 0 aliphatic carbocycles. The van der Waals surface area contributed by atoms with Crippen LogP contribution in [0, 0.1) is 22.9 Å². The Balaban J connectivity index is 2.22. The van der Waals surface area contributed by atoms with Gasteiger partial charge in [0, 0.05) is 11.8 Å². The number of methoxy groups -OCH3 is 1. The highest BCUT2D eigenvalue weighted by molar-refractivity contribution is 5.59. The molecular weight excluding hydrogens is 277 g/mol. The van der Waals surface area contributed by atoms with Crippen molar-refractivity contribution in [1.82, 2.24) is 4.98 Å². The van der Waals surface area contributed by atoms with Crippen molar-refractivity contribution >= 4 is 11.4 Å². The number of aromatic nitrogens is 1. The summed E-state index contributed by atoms with van der Waals surface area (Å²) in [6, 6.07) is 7.62. The number of nitro groups is 1. The van der Waals surface area contributed by atoms with Crippen molar-refractivity contribution in [2.45, 2.75) is 13.5 Å². The van der Waals surface area contributed by atoms with Gasteiger partial charge in [0.1, 0.15) is 0 Å². The van der Waals surface area contributed by atoms with Crippen LogP contribution in [0.1, 0.15) is 11.4 Å². The van der Waals surface area contributed by atoms with Crippen LogP contribution in [-0.2, 0) is 6.54 Å². The fourth-order valence-corrected chi connectivity index (χ4v) is 1.87. The van der Waals surface area contributed by atoms with E-state index in [1.54, 1.807) is 6.07 Å². The number of halogens is 1. The molecule has 1 aromatic carbocycles. The number of hydrogen-bond acceptors (Lipinski definition) is 5. The molecule has 1 aromatic heterocycles. The Hall–Kier alpha value is -2.70. The molecule has 0 atom stereocenters. The second kappa shape index (κ2) is 6.17. The lowest BCUT2D eigenvalue weighted by molar-refractivity contribution is -0.385. The third-order valence-electron chi connectivity index (χ3n) is 2.87. The van der Waals surface area contributed by atoms with Gasteiger partial charge in [-0.25, -0.2) is 4.39 Å². The van der Waals surface area contributed by atoms with Gasteiger partial charge in [-0.15, -0.1) is 0 Å². The monoisotopic (exact) mass is 291 g/mol. The van der Waals surface area contributed by atoms with Gasteiger partial charge in [0.25, 0.3) is 0 Å². The van der Waals surface area contributed by atoms with Crippen LogP contribution < -0.4 is 10.1 Å². The molecule has 0 aliphatic rings. The molecule has 0 spiro atoms. The third-order valence-corrected chi connectivity index (χ3v) is 2.87. The molecule has 110 valence electrons. The summed E-state index contributed by atoms with van der Waals surface area (Å²) in [6.07, 6.45) is 0. The Morgan fingerprint density at radius 2 is 2.19 bits per heavy atom. The van der Waals surface area contributed by atoms with Gasteiger partial charge in [0.05, 0.1) is 36.0 Å². The van der Waals surface area contributed by atoms with Crippen LogP contribution in [0.15, 0.2) is 30.3 Å². The molecule has 0 fully saturated rings. The van der Waals surface area contributed by atoms with E-state index in [1.165, 1.54) is 13.2 Å². The highest BCUT2D eigenvalue weighted by Gasteiger charge is 2.19. The summed E-state index contributed by atoms with van der Waals surface area (Å²) in [7, 11) is 1.30. The lowest BCUT2D eigenvalue weighted by Crippen LogP contribution is -2.05. The topological polar surface area (TPSA) is 77.3 Å². The van der Waals surface area contributed by atoms with Gasteiger partial charge < -0.3 is 10.1 Å². The minimum Gasteiger partial charge on any atom is -0.490 e. The summed E-state index contributed by atoms with van der Waals surface area (Å²) in [5, 5.41) is 13.6. The van der Waals surface area contributed by atoms with Crippen molar-refractivity contribution in [3.8, 4) is 5.75 Å². The first-order chi connectivity index (χ1) is 10.0. The molecule has 1 N–H and O–H groups in total. The fourth-order valence-electron chi connectivity index (χ4n) is 1.87. The summed E-state index contributed by atoms with van der Waals surface area (Å²) in [4.78, 5) is 14.4. The van der Waals surface area contributed by atoms with Gasteiger partial charge in [-0.3, -0.25) is 15.1 Å². The van der Waals surface area contributed by atoms with E-state index in [0.717, 1.165) is 17.5 Å². The Morgan fingerprint density at radius 3 is 2.81 bits per heavy atom. The van der Waals surface area contributed by atoms with E-state index in [2.05, 4.69) is 10.3 Å². The molecule has 0 amide bonds. The lowest BCUT2D eigenvalue weighted by atomic mass is 10.2. The van der Waals surface area contributed by atoms with Gasteiger partial charge >= 0.3 is 5.69 Å². The zero-order valence-electron chi connectivity index (χ0n) is 11.6. The zero-order chi connectivity index (χ0) is 15.4. The van der Waals surface area contributed by atoms with Crippen molar-refractivity contribution in [3.05, 3.63) is 57.7 Å². The number of nitro benzene ring substituents is 1. The Bertz CT molecular complexity index is 677. The molecule has 0 unspecified atom stereocenters. The predicted molar refractivity (Wildman–Crippen MR) is 75.9 cm³/mol. The van der Waals surface area contributed by atoms with E-state index in [-0.39, 0.29) is 11.4 Å². The second-order valence-electron chi connectivity index (χ2n) is 4.38. The van der Waals surface area contributed by atoms with Gasteiger partial charge in [-0.1, -0.05) is 6.07 Å². The Labute approximate surface area is 120 Å². The Kier molecular flexibility index (Phi) is 4.32. The van der Waals surface area contributed by atoms with Gasteiger partial charge in [0.15, 0.2) is 11.6 Å². The normalized spacial score (nSPS) is 10.2. The van der Waals surface area contributed by atoms with Gasteiger partial charge in [0.2, 0.25) is 0 Å². The van der Waals surface area contributed by atoms with Crippen molar-refractivity contribution in [2.75, 3.05) is 12.4 Å². The first-order valence-electron chi connectivity index (χ1n) is 6.19. The average molecular weight is 291 g/mol. The number of benzene rings is 1.